The normalized spacial score (nSPS) is 10.3. The van der Waals surface area contributed by atoms with Gasteiger partial charge in [0.25, 0.3) is 0 Å². The Morgan fingerprint density at radius 1 is 1.00 bits per heavy atom. The van der Waals surface area contributed by atoms with Crippen LogP contribution in [0, 0.1) is 6.92 Å². The monoisotopic (exact) mass is 382 g/mol. The molecule has 0 saturated carbocycles. The Labute approximate surface area is 129 Å². The summed E-state index contributed by atoms with van der Waals surface area (Å²) in [5.74, 6) is 1.29. The molecule has 0 spiro atoms. The lowest BCUT2D eigenvalue weighted by atomic mass is 10.1. The zero-order valence-corrected chi connectivity index (χ0v) is 13.7. The third-order valence-electron chi connectivity index (χ3n) is 2.68. The Kier molecular flexibility index (Phi) is 4.42. The average molecular weight is 384 g/mol. The summed E-state index contributed by atoms with van der Waals surface area (Å²) < 4.78 is 7.74. The van der Waals surface area contributed by atoms with Crippen LogP contribution in [0.15, 0.2) is 45.3 Å². The minimum absolute atomic E-state index is 0.0164. The van der Waals surface area contributed by atoms with Crippen molar-refractivity contribution < 1.29 is 9.53 Å². The standard InChI is InChI=1S/C15H12Br2O2/c1-9-7-11(16)4-6-14(9)19-15-8-12(17)3-5-13(15)10(2)18/h3-8H,1-2H3. The molecule has 2 aromatic rings. The Hall–Kier alpha value is -1.13. The molecule has 0 aliphatic rings. The summed E-state index contributed by atoms with van der Waals surface area (Å²) in [5, 5.41) is 0. The van der Waals surface area contributed by atoms with Crippen molar-refractivity contribution in [1.29, 1.82) is 0 Å². The quantitative estimate of drug-likeness (QED) is 0.652. The number of hydrogen-bond donors (Lipinski definition) is 0. The lowest BCUT2D eigenvalue weighted by molar-refractivity contribution is 0.101. The van der Waals surface area contributed by atoms with E-state index in [1.54, 1.807) is 12.1 Å². The summed E-state index contributed by atoms with van der Waals surface area (Å²) in [6.07, 6.45) is 0. The molecule has 4 heteroatoms. The Morgan fingerprint density at radius 3 is 2.26 bits per heavy atom. The number of Topliss-reactive ketones (excluding diaryl/α,β-unsaturated/α-hetero) is 1. The van der Waals surface area contributed by atoms with Crippen LogP contribution in [0.1, 0.15) is 22.8 Å². The third-order valence-corrected chi connectivity index (χ3v) is 3.67. The zero-order chi connectivity index (χ0) is 14.0. The van der Waals surface area contributed by atoms with E-state index >= 15 is 0 Å². The van der Waals surface area contributed by atoms with E-state index in [1.807, 2.05) is 31.2 Å². The molecule has 0 amide bonds. The Bertz CT molecular complexity index is 636. The topological polar surface area (TPSA) is 26.3 Å². The van der Waals surface area contributed by atoms with Gasteiger partial charge in [-0.25, -0.2) is 0 Å². The number of ether oxygens (including phenoxy) is 1. The first-order valence-electron chi connectivity index (χ1n) is 5.72. The molecule has 98 valence electrons. The first kappa shape index (κ1) is 14.3. The molecular weight excluding hydrogens is 372 g/mol. The summed E-state index contributed by atoms with van der Waals surface area (Å²) in [4.78, 5) is 11.6. The zero-order valence-electron chi connectivity index (χ0n) is 10.5. The van der Waals surface area contributed by atoms with Gasteiger partial charge in [0.2, 0.25) is 0 Å². The average Bonchev–Trinajstić information content (AvgIpc) is 2.32. The first-order chi connectivity index (χ1) is 8.97. The van der Waals surface area contributed by atoms with E-state index in [0.29, 0.717) is 11.3 Å². The van der Waals surface area contributed by atoms with Gasteiger partial charge in [0, 0.05) is 8.95 Å². The van der Waals surface area contributed by atoms with Crippen molar-refractivity contribution in [2.75, 3.05) is 0 Å². The van der Waals surface area contributed by atoms with Gasteiger partial charge in [0.15, 0.2) is 5.78 Å². The lowest BCUT2D eigenvalue weighted by Gasteiger charge is -2.12. The maximum atomic E-state index is 11.6. The van der Waals surface area contributed by atoms with Crippen molar-refractivity contribution in [3.05, 3.63) is 56.5 Å². The van der Waals surface area contributed by atoms with Crippen molar-refractivity contribution in [3.63, 3.8) is 0 Å². The Balaban J connectivity index is 2.42. The second-order valence-electron chi connectivity index (χ2n) is 4.21. The molecule has 0 radical (unpaired) electrons. The van der Waals surface area contributed by atoms with Crippen LogP contribution >= 0.6 is 31.9 Å². The van der Waals surface area contributed by atoms with Crippen LogP contribution < -0.4 is 4.74 Å². The number of benzene rings is 2. The molecule has 2 aromatic carbocycles. The highest BCUT2D eigenvalue weighted by Crippen LogP contribution is 2.31. The van der Waals surface area contributed by atoms with Crippen LogP contribution in [0.3, 0.4) is 0 Å². The highest BCUT2D eigenvalue weighted by Gasteiger charge is 2.11. The fourth-order valence-electron chi connectivity index (χ4n) is 1.72. The summed E-state index contributed by atoms with van der Waals surface area (Å²) in [6, 6.07) is 11.2. The number of ketones is 1. The van der Waals surface area contributed by atoms with E-state index in [1.165, 1.54) is 6.92 Å². The van der Waals surface area contributed by atoms with Crippen LogP contribution in [0.2, 0.25) is 0 Å². The number of hydrogen-bond acceptors (Lipinski definition) is 2. The van der Waals surface area contributed by atoms with Crippen LogP contribution in [0.4, 0.5) is 0 Å². The first-order valence-corrected chi connectivity index (χ1v) is 7.30. The molecule has 0 heterocycles. The van der Waals surface area contributed by atoms with Gasteiger partial charge in [-0.1, -0.05) is 31.9 Å². The smallest absolute Gasteiger partial charge is 0.163 e. The Morgan fingerprint density at radius 2 is 1.63 bits per heavy atom. The van der Waals surface area contributed by atoms with Crippen LogP contribution in [-0.4, -0.2) is 5.78 Å². The maximum absolute atomic E-state index is 11.6. The van der Waals surface area contributed by atoms with E-state index < -0.39 is 0 Å². The second kappa shape index (κ2) is 5.88. The number of carbonyl (C=O) groups is 1. The highest BCUT2D eigenvalue weighted by molar-refractivity contribution is 9.10. The molecule has 0 N–H and O–H groups in total. The summed E-state index contributed by atoms with van der Waals surface area (Å²) in [6.45, 7) is 3.50. The van der Waals surface area contributed by atoms with Gasteiger partial charge in [-0.05, 0) is 55.8 Å². The molecule has 0 aliphatic carbocycles. The molecule has 19 heavy (non-hydrogen) atoms. The van der Waals surface area contributed by atoms with Crippen LogP contribution in [-0.2, 0) is 0 Å². The van der Waals surface area contributed by atoms with Gasteiger partial charge >= 0.3 is 0 Å². The summed E-state index contributed by atoms with van der Waals surface area (Å²) >= 11 is 6.80. The molecular formula is C15H12Br2O2. The van der Waals surface area contributed by atoms with Gasteiger partial charge < -0.3 is 4.74 Å². The summed E-state index contributed by atoms with van der Waals surface area (Å²) in [5.41, 5.74) is 1.58. The van der Waals surface area contributed by atoms with Gasteiger partial charge in [0.1, 0.15) is 11.5 Å². The largest absolute Gasteiger partial charge is 0.456 e. The molecule has 2 rings (SSSR count). The number of halogens is 2. The van der Waals surface area contributed by atoms with E-state index in [2.05, 4.69) is 31.9 Å². The predicted molar refractivity (Wildman–Crippen MR) is 83.1 cm³/mol. The maximum Gasteiger partial charge on any atom is 0.163 e. The molecule has 0 aromatic heterocycles. The fraction of sp³-hybridized carbons (Fsp3) is 0.133. The molecule has 0 atom stereocenters. The minimum Gasteiger partial charge on any atom is -0.456 e. The SMILES string of the molecule is CC(=O)c1ccc(Br)cc1Oc1ccc(Br)cc1C. The van der Waals surface area contributed by atoms with Gasteiger partial charge in [-0.3, -0.25) is 4.79 Å². The second-order valence-corrected chi connectivity index (χ2v) is 6.04. The van der Waals surface area contributed by atoms with Gasteiger partial charge in [-0.2, -0.15) is 0 Å². The molecule has 2 nitrogen and oxygen atoms in total. The number of carbonyl (C=O) groups excluding carboxylic acids is 1. The highest BCUT2D eigenvalue weighted by atomic mass is 79.9. The van der Waals surface area contributed by atoms with Crippen LogP contribution in [0.5, 0.6) is 11.5 Å². The summed E-state index contributed by atoms with van der Waals surface area (Å²) in [7, 11) is 0. The van der Waals surface area contributed by atoms with Crippen molar-refractivity contribution in [2.24, 2.45) is 0 Å². The van der Waals surface area contributed by atoms with E-state index in [-0.39, 0.29) is 5.78 Å². The fourth-order valence-corrected chi connectivity index (χ4v) is 2.53. The predicted octanol–water partition coefficient (Wildman–Crippen LogP) is 5.51. The number of rotatable bonds is 3. The molecule has 0 saturated heterocycles. The van der Waals surface area contributed by atoms with E-state index in [4.69, 9.17) is 4.74 Å². The molecule has 0 aliphatic heterocycles. The van der Waals surface area contributed by atoms with Crippen molar-refractivity contribution in [3.8, 4) is 11.5 Å². The third kappa shape index (κ3) is 3.45. The van der Waals surface area contributed by atoms with Gasteiger partial charge in [0.05, 0.1) is 5.56 Å². The van der Waals surface area contributed by atoms with Crippen molar-refractivity contribution in [2.45, 2.75) is 13.8 Å². The van der Waals surface area contributed by atoms with Crippen molar-refractivity contribution >= 4 is 37.6 Å². The van der Waals surface area contributed by atoms with Gasteiger partial charge in [-0.15, -0.1) is 0 Å². The van der Waals surface area contributed by atoms with E-state index in [0.717, 1.165) is 20.3 Å². The van der Waals surface area contributed by atoms with Crippen molar-refractivity contribution in [1.82, 2.24) is 0 Å². The number of aryl methyl sites for hydroxylation is 1. The minimum atomic E-state index is -0.0164. The molecule has 0 bridgehead atoms. The lowest BCUT2D eigenvalue weighted by Crippen LogP contribution is -1.97. The van der Waals surface area contributed by atoms with E-state index in [9.17, 15) is 4.79 Å². The molecule has 0 fully saturated rings. The molecule has 0 unspecified atom stereocenters. The van der Waals surface area contributed by atoms with Crippen LogP contribution in [0.25, 0.3) is 0 Å².